The smallest absolute Gasteiger partial charge is 0.162 e. The van der Waals surface area contributed by atoms with Gasteiger partial charge in [0.2, 0.25) is 0 Å². The Morgan fingerprint density at radius 2 is 2.00 bits per heavy atom. The third kappa shape index (κ3) is 3.31. The molecule has 0 aromatic carbocycles. The van der Waals surface area contributed by atoms with E-state index in [0.29, 0.717) is 0 Å². The third-order valence-electron chi connectivity index (χ3n) is 3.08. The number of halogens is 1. The lowest BCUT2D eigenvalue weighted by Crippen LogP contribution is -2.08. The average Bonchev–Trinajstić information content (AvgIpc) is 2.76. The summed E-state index contributed by atoms with van der Waals surface area (Å²) in [6, 6.07) is 2.19. The SMILES string of the molecule is CCCNc1nc(-c2cc(C)sc2C)nc(CC)c1I. The van der Waals surface area contributed by atoms with Gasteiger partial charge in [-0.15, -0.1) is 11.3 Å². The minimum Gasteiger partial charge on any atom is -0.369 e. The van der Waals surface area contributed by atoms with E-state index in [-0.39, 0.29) is 0 Å². The van der Waals surface area contributed by atoms with Crippen molar-refractivity contribution >= 4 is 39.7 Å². The highest BCUT2D eigenvalue weighted by molar-refractivity contribution is 14.1. The van der Waals surface area contributed by atoms with Gasteiger partial charge in [-0.25, -0.2) is 9.97 Å². The van der Waals surface area contributed by atoms with Gasteiger partial charge in [0.1, 0.15) is 5.82 Å². The van der Waals surface area contributed by atoms with Crippen LogP contribution in [0.4, 0.5) is 5.82 Å². The second-order valence-electron chi connectivity index (χ2n) is 4.76. The highest BCUT2D eigenvalue weighted by Gasteiger charge is 2.14. The second-order valence-corrected chi connectivity index (χ2v) is 7.30. The highest BCUT2D eigenvalue weighted by atomic mass is 127. The van der Waals surface area contributed by atoms with Gasteiger partial charge in [0.05, 0.1) is 9.26 Å². The molecule has 0 spiro atoms. The van der Waals surface area contributed by atoms with E-state index in [1.54, 1.807) is 11.3 Å². The average molecular weight is 401 g/mol. The van der Waals surface area contributed by atoms with Gasteiger partial charge in [-0.2, -0.15) is 0 Å². The summed E-state index contributed by atoms with van der Waals surface area (Å²) in [6.07, 6.45) is 2.02. The fourth-order valence-corrected chi connectivity index (χ4v) is 3.79. The molecule has 1 N–H and O–H groups in total. The van der Waals surface area contributed by atoms with Gasteiger partial charge < -0.3 is 5.32 Å². The lowest BCUT2D eigenvalue weighted by Gasteiger charge is -2.11. The molecule has 0 saturated heterocycles. The van der Waals surface area contributed by atoms with Crippen LogP contribution in [0.1, 0.15) is 35.7 Å². The number of rotatable bonds is 5. The number of aryl methyl sites for hydroxylation is 3. The molecule has 0 fully saturated rings. The maximum absolute atomic E-state index is 4.75. The van der Waals surface area contributed by atoms with Crippen molar-refractivity contribution in [3.8, 4) is 11.4 Å². The zero-order valence-electron chi connectivity index (χ0n) is 12.4. The van der Waals surface area contributed by atoms with Crippen LogP contribution in [-0.4, -0.2) is 16.5 Å². The number of hydrogen-bond acceptors (Lipinski definition) is 4. The first-order valence-electron chi connectivity index (χ1n) is 6.94. The summed E-state index contributed by atoms with van der Waals surface area (Å²) in [5.74, 6) is 1.82. The van der Waals surface area contributed by atoms with Gasteiger partial charge in [0.15, 0.2) is 5.82 Å². The molecule has 2 heterocycles. The topological polar surface area (TPSA) is 37.8 Å². The van der Waals surface area contributed by atoms with Crippen molar-refractivity contribution in [1.82, 2.24) is 9.97 Å². The van der Waals surface area contributed by atoms with Crippen LogP contribution in [0, 0.1) is 17.4 Å². The Balaban J connectivity index is 2.50. The molecule has 3 nitrogen and oxygen atoms in total. The zero-order valence-corrected chi connectivity index (χ0v) is 15.4. The minimum atomic E-state index is 0.850. The van der Waals surface area contributed by atoms with Gasteiger partial charge in [-0.1, -0.05) is 13.8 Å². The lowest BCUT2D eigenvalue weighted by molar-refractivity contribution is 0.943. The van der Waals surface area contributed by atoms with E-state index in [4.69, 9.17) is 9.97 Å². The Hall–Kier alpha value is -0.690. The van der Waals surface area contributed by atoms with Crippen molar-refractivity contribution in [2.24, 2.45) is 0 Å². The van der Waals surface area contributed by atoms with Gasteiger partial charge in [0.25, 0.3) is 0 Å². The van der Waals surface area contributed by atoms with Crippen molar-refractivity contribution in [3.63, 3.8) is 0 Å². The molecular formula is C15H20IN3S. The van der Waals surface area contributed by atoms with Crippen molar-refractivity contribution in [1.29, 1.82) is 0 Å². The molecule has 0 bridgehead atoms. The molecule has 2 aromatic heterocycles. The van der Waals surface area contributed by atoms with E-state index >= 15 is 0 Å². The fraction of sp³-hybridized carbons (Fsp3) is 0.467. The predicted molar refractivity (Wildman–Crippen MR) is 95.7 cm³/mol. The molecule has 2 aromatic rings. The molecule has 5 heteroatoms. The van der Waals surface area contributed by atoms with Crippen molar-refractivity contribution < 1.29 is 0 Å². The van der Waals surface area contributed by atoms with E-state index in [1.807, 2.05) is 0 Å². The van der Waals surface area contributed by atoms with Crippen LogP contribution in [0.2, 0.25) is 0 Å². The van der Waals surface area contributed by atoms with Crippen molar-refractivity contribution in [2.45, 2.75) is 40.5 Å². The van der Waals surface area contributed by atoms with Crippen molar-refractivity contribution in [2.75, 3.05) is 11.9 Å². The monoisotopic (exact) mass is 401 g/mol. The molecule has 20 heavy (non-hydrogen) atoms. The van der Waals surface area contributed by atoms with Crippen LogP contribution in [0.25, 0.3) is 11.4 Å². The Bertz CT molecular complexity index is 607. The Labute approximate surface area is 138 Å². The number of hydrogen-bond donors (Lipinski definition) is 1. The maximum Gasteiger partial charge on any atom is 0.162 e. The number of thiophene rings is 1. The van der Waals surface area contributed by atoms with Crippen LogP contribution in [0.15, 0.2) is 6.07 Å². The number of nitrogens with one attached hydrogen (secondary N) is 1. The number of anilines is 1. The Morgan fingerprint density at radius 3 is 2.55 bits per heavy atom. The fourth-order valence-electron chi connectivity index (χ4n) is 2.06. The molecular weight excluding hydrogens is 381 g/mol. The van der Waals surface area contributed by atoms with E-state index in [9.17, 15) is 0 Å². The third-order valence-corrected chi connectivity index (χ3v) is 5.18. The lowest BCUT2D eigenvalue weighted by atomic mass is 10.2. The van der Waals surface area contributed by atoms with Gasteiger partial charge in [0, 0.05) is 21.9 Å². The summed E-state index contributed by atoms with van der Waals surface area (Å²) in [5.41, 5.74) is 2.29. The molecule has 0 aliphatic carbocycles. The standard InChI is InChI=1S/C15H20IN3S/c1-5-7-17-15-13(16)12(6-2)18-14(19-15)11-8-9(3)20-10(11)4/h8H,5-7H2,1-4H3,(H,17,18,19). The van der Waals surface area contributed by atoms with E-state index in [0.717, 1.165) is 45.9 Å². The molecule has 2 rings (SSSR count). The van der Waals surface area contributed by atoms with Gasteiger partial charge in [-0.3, -0.25) is 0 Å². The Morgan fingerprint density at radius 1 is 1.25 bits per heavy atom. The summed E-state index contributed by atoms with van der Waals surface area (Å²) in [7, 11) is 0. The van der Waals surface area contributed by atoms with Crippen LogP contribution < -0.4 is 5.32 Å². The number of nitrogens with zero attached hydrogens (tertiary/aromatic N) is 2. The van der Waals surface area contributed by atoms with Crippen LogP contribution in [-0.2, 0) is 6.42 Å². The van der Waals surface area contributed by atoms with Crippen LogP contribution in [0.3, 0.4) is 0 Å². The second kappa shape index (κ2) is 6.85. The van der Waals surface area contributed by atoms with Crippen LogP contribution in [0.5, 0.6) is 0 Å². The first-order chi connectivity index (χ1) is 9.56. The summed E-state index contributed by atoms with van der Waals surface area (Å²) in [5, 5.41) is 3.42. The molecule has 0 unspecified atom stereocenters. The normalized spacial score (nSPS) is 10.8. The molecule has 0 atom stereocenters. The molecule has 0 aliphatic heterocycles. The minimum absolute atomic E-state index is 0.850. The van der Waals surface area contributed by atoms with Gasteiger partial charge >= 0.3 is 0 Å². The quantitative estimate of drug-likeness (QED) is 0.731. The maximum atomic E-state index is 4.75. The Kier molecular flexibility index (Phi) is 5.37. The van der Waals surface area contributed by atoms with E-state index in [1.165, 1.54) is 9.75 Å². The molecule has 0 aliphatic rings. The summed E-state index contributed by atoms with van der Waals surface area (Å²) >= 11 is 4.15. The molecule has 108 valence electrons. The van der Waals surface area contributed by atoms with Gasteiger partial charge in [-0.05, 0) is 55.3 Å². The first kappa shape index (κ1) is 15.7. The first-order valence-corrected chi connectivity index (χ1v) is 8.84. The summed E-state index contributed by atoms with van der Waals surface area (Å²) in [6.45, 7) is 9.51. The van der Waals surface area contributed by atoms with E-state index in [2.05, 4.69) is 61.7 Å². The van der Waals surface area contributed by atoms with Crippen LogP contribution >= 0.6 is 33.9 Å². The summed E-state index contributed by atoms with van der Waals surface area (Å²) in [4.78, 5) is 12.1. The molecule has 0 radical (unpaired) electrons. The van der Waals surface area contributed by atoms with E-state index < -0.39 is 0 Å². The predicted octanol–water partition coefficient (Wildman–Crippen LogP) is 4.81. The highest BCUT2D eigenvalue weighted by Crippen LogP contribution is 2.31. The molecule has 0 saturated carbocycles. The van der Waals surface area contributed by atoms with Crippen molar-refractivity contribution in [3.05, 3.63) is 25.1 Å². The summed E-state index contributed by atoms with van der Waals surface area (Å²) < 4.78 is 1.15. The molecule has 0 amide bonds. The zero-order chi connectivity index (χ0) is 14.7. The largest absolute Gasteiger partial charge is 0.369 e. The number of aromatic nitrogens is 2.